The highest BCUT2D eigenvalue weighted by atomic mass is 32.1. The molecule has 8 heteroatoms. The van der Waals surface area contributed by atoms with E-state index in [1.54, 1.807) is 23.1 Å². The highest BCUT2D eigenvalue weighted by Crippen LogP contribution is 2.21. The number of nitrogens with one attached hydrogen (secondary N) is 2. The first-order valence-corrected chi connectivity index (χ1v) is 8.41. The molecule has 0 saturated heterocycles. The zero-order valence-corrected chi connectivity index (χ0v) is 14.4. The average Bonchev–Trinajstić information content (AvgIpc) is 3.25. The number of aromatic nitrogens is 4. The minimum atomic E-state index is 0.559. The number of aryl methyl sites for hydroxylation is 1. The quantitative estimate of drug-likeness (QED) is 0.546. The Morgan fingerprint density at radius 1 is 1.21 bits per heavy atom. The molecule has 2 aromatic heterocycles. The number of hydrogen-bond acceptors (Lipinski definition) is 5. The van der Waals surface area contributed by atoms with Crippen LogP contribution in [0.5, 0.6) is 0 Å². The molecule has 1 aromatic carbocycles. The van der Waals surface area contributed by atoms with Crippen LogP contribution in [0.25, 0.3) is 11.3 Å². The molecule has 7 nitrogen and oxygen atoms in total. The van der Waals surface area contributed by atoms with Gasteiger partial charge in [0.05, 0.1) is 18.8 Å². The van der Waals surface area contributed by atoms with E-state index in [1.807, 2.05) is 25.2 Å². The van der Waals surface area contributed by atoms with Crippen LogP contribution in [0.4, 0.5) is 0 Å². The normalized spacial score (nSPS) is 11.5. The van der Waals surface area contributed by atoms with E-state index >= 15 is 0 Å². The molecule has 2 N–H and O–H groups in total. The van der Waals surface area contributed by atoms with Gasteiger partial charge < -0.3 is 10.6 Å². The maximum atomic E-state index is 4.66. The van der Waals surface area contributed by atoms with Crippen LogP contribution in [0.3, 0.4) is 0 Å². The first-order valence-electron chi connectivity index (χ1n) is 7.53. The van der Waals surface area contributed by atoms with Crippen molar-refractivity contribution in [3.05, 3.63) is 52.9 Å². The fourth-order valence-electron chi connectivity index (χ4n) is 2.16. The van der Waals surface area contributed by atoms with Crippen LogP contribution in [-0.2, 0) is 20.1 Å². The summed E-state index contributed by atoms with van der Waals surface area (Å²) in [6.45, 7) is 1.18. The van der Waals surface area contributed by atoms with Crippen molar-refractivity contribution in [1.82, 2.24) is 30.4 Å². The van der Waals surface area contributed by atoms with Crippen molar-refractivity contribution in [3.8, 4) is 11.3 Å². The first-order chi connectivity index (χ1) is 11.8. The molecule has 0 atom stereocenters. The molecule has 0 aliphatic heterocycles. The van der Waals surface area contributed by atoms with Gasteiger partial charge >= 0.3 is 0 Å². The van der Waals surface area contributed by atoms with Crippen molar-refractivity contribution >= 4 is 17.3 Å². The van der Waals surface area contributed by atoms with Crippen molar-refractivity contribution in [2.75, 3.05) is 7.05 Å². The Labute approximate surface area is 144 Å². The van der Waals surface area contributed by atoms with Gasteiger partial charge in [-0.1, -0.05) is 30.3 Å². The molecule has 0 spiro atoms. The Kier molecular flexibility index (Phi) is 5.17. The molecule has 24 heavy (non-hydrogen) atoms. The van der Waals surface area contributed by atoms with Crippen LogP contribution in [0, 0.1) is 0 Å². The summed E-state index contributed by atoms with van der Waals surface area (Å²) in [5, 5.41) is 13.6. The molecule has 3 aromatic rings. The molecule has 0 saturated carbocycles. The zero-order chi connectivity index (χ0) is 16.8. The Morgan fingerprint density at radius 2 is 2.00 bits per heavy atom. The van der Waals surface area contributed by atoms with E-state index in [0.29, 0.717) is 19.0 Å². The number of hydrogen-bond donors (Lipinski definition) is 2. The number of aliphatic imine (C=N–C) groups is 1. The molecule has 0 bridgehead atoms. The van der Waals surface area contributed by atoms with Crippen molar-refractivity contribution in [3.63, 3.8) is 0 Å². The summed E-state index contributed by atoms with van der Waals surface area (Å²) in [7, 11) is 3.60. The Balaban J connectivity index is 1.54. The summed E-state index contributed by atoms with van der Waals surface area (Å²) < 4.78 is 1.73. The molecule has 0 amide bonds. The van der Waals surface area contributed by atoms with Gasteiger partial charge in [0.2, 0.25) is 0 Å². The Morgan fingerprint density at radius 3 is 2.71 bits per heavy atom. The number of nitrogens with zero attached hydrogens (tertiary/aromatic N) is 5. The van der Waals surface area contributed by atoms with E-state index in [2.05, 4.69) is 48.2 Å². The maximum Gasteiger partial charge on any atom is 0.191 e. The van der Waals surface area contributed by atoms with Gasteiger partial charge in [0.1, 0.15) is 17.2 Å². The third-order valence-corrected chi connectivity index (χ3v) is 4.32. The second kappa shape index (κ2) is 7.69. The predicted octanol–water partition coefficient (Wildman–Crippen LogP) is 1.80. The average molecular weight is 341 g/mol. The van der Waals surface area contributed by atoms with E-state index in [-0.39, 0.29) is 0 Å². The van der Waals surface area contributed by atoms with Crippen molar-refractivity contribution in [2.45, 2.75) is 13.1 Å². The smallest absolute Gasteiger partial charge is 0.191 e. The predicted molar refractivity (Wildman–Crippen MR) is 95.6 cm³/mol. The summed E-state index contributed by atoms with van der Waals surface area (Å²) in [6, 6.07) is 10.2. The monoisotopic (exact) mass is 341 g/mol. The molecule has 124 valence electrons. The van der Waals surface area contributed by atoms with Gasteiger partial charge in [0, 0.05) is 25.0 Å². The lowest BCUT2D eigenvalue weighted by atomic mass is 10.2. The lowest BCUT2D eigenvalue weighted by molar-refractivity contribution is 0.672. The minimum Gasteiger partial charge on any atom is -0.350 e. The fourth-order valence-corrected chi connectivity index (χ4v) is 2.90. The lowest BCUT2D eigenvalue weighted by Crippen LogP contribution is -2.36. The van der Waals surface area contributed by atoms with E-state index in [1.165, 1.54) is 6.33 Å². The Bertz CT molecular complexity index is 807. The van der Waals surface area contributed by atoms with Crippen LogP contribution < -0.4 is 10.6 Å². The summed E-state index contributed by atoms with van der Waals surface area (Å²) >= 11 is 1.63. The van der Waals surface area contributed by atoms with Crippen molar-refractivity contribution < 1.29 is 0 Å². The van der Waals surface area contributed by atoms with E-state index in [9.17, 15) is 0 Å². The molecule has 2 heterocycles. The standard InChI is InChI=1S/C16H19N7S/c1-17-16(18-8-14-20-11-21-23(14)2)19-9-15-22-13(10-24-15)12-6-4-3-5-7-12/h3-7,10-11H,8-9H2,1-2H3,(H2,17,18,19). The third-order valence-electron chi connectivity index (χ3n) is 3.47. The summed E-state index contributed by atoms with van der Waals surface area (Å²) in [6.07, 6.45) is 1.54. The largest absolute Gasteiger partial charge is 0.350 e. The molecule has 0 radical (unpaired) electrons. The summed E-state index contributed by atoms with van der Waals surface area (Å²) in [5.41, 5.74) is 2.13. The second-order valence-electron chi connectivity index (χ2n) is 5.07. The highest BCUT2D eigenvalue weighted by molar-refractivity contribution is 7.09. The molecule has 0 unspecified atom stereocenters. The molecule has 3 rings (SSSR count). The fraction of sp³-hybridized carbons (Fsp3) is 0.250. The minimum absolute atomic E-state index is 0.559. The van der Waals surface area contributed by atoms with E-state index in [0.717, 1.165) is 22.1 Å². The van der Waals surface area contributed by atoms with Gasteiger partial charge in [-0.3, -0.25) is 9.67 Å². The number of benzene rings is 1. The van der Waals surface area contributed by atoms with Crippen LogP contribution in [0.1, 0.15) is 10.8 Å². The molecular weight excluding hydrogens is 322 g/mol. The highest BCUT2D eigenvalue weighted by Gasteiger charge is 2.06. The van der Waals surface area contributed by atoms with Gasteiger partial charge in [-0.2, -0.15) is 5.10 Å². The van der Waals surface area contributed by atoms with Crippen LogP contribution in [-0.4, -0.2) is 32.8 Å². The van der Waals surface area contributed by atoms with Crippen LogP contribution >= 0.6 is 11.3 Å². The van der Waals surface area contributed by atoms with Gasteiger partial charge in [-0.05, 0) is 0 Å². The van der Waals surface area contributed by atoms with Crippen LogP contribution in [0.2, 0.25) is 0 Å². The maximum absolute atomic E-state index is 4.66. The van der Waals surface area contributed by atoms with Gasteiger partial charge in [-0.15, -0.1) is 11.3 Å². The van der Waals surface area contributed by atoms with E-state index < -0.39 is 0 Å². The van der Waals surface area contributed by atoms with Gasteiger partial charge in [0.25, 0.3) is 0 Å². The topological polar surface area (TPSA) is 80.0 Å². The van der Waals surface area contributed by atoms with Gasteiger partial charge in [0.15, 0.2) is 5.96 Å². The second-order valence-corrected chi connectivity index (χ2v) is 6.01. The lowest BCUT2D eigenvalue weighted by Gasteiger charge is -2.10. The summed E-state index contributed by atoms with van der Waals surface area (Å²) in [4.78, 5) is 13.0. The number of rotatable bonds is 5. The Hall–Kier alpha value is -2.74. The van der Waals surface area contributed by atoms with E-state index in [4.69, 9.17) is 0 Å². The SMILES string of the molecule is CN=C(NCc1nc(-c2ccccc2)cs1)NCc1ncnn1C. The van der Waals surface area contributed by atoms with Crippen molar-refractivity contribution in [1.29, 1.82) is 0 Å². The van der Waals surface area contributed by atoms with Crippen molar-refractivity contribution in [2.24, 2.45) is 12.0 Å². The first kappa shape index (κ1) is 16.1. The zero-order valence-electron chi connectivity index (χ0n) is 13.6. The molecular formula is C16H19N7S. The van der Waals surface area contributed by atoms with Gasteiger partial charge in [-0.25, -0.2) is 9.97 Å². The summed E-state index contributed by atoms with van der Waals surface area (Å²) in [5.74, 6) is 1.55. The number of thiazole rings is 1. The molecule has 0 aliphatic carbocycles. The van der Waals surface area contributed by atoms with Crippen LogP contribution in [0.15, 0.2) is 47.0 Å². The third kappa shape index (κ3) is 3.96. The molecule has 0 fully saturated rings. The molecule has 0 aliphatic rings. The number of guanidine groups is 1.